The Bertz CT molecular complexity index is 437. The molecule has 0 unspecified atom stereocenters. The van der Waals surface area contributed by atoms with Gasteiger partial charge in [-0.05, 0) is 11.4 Å². The third kappa shape index (κ3) is 3.78. The molecule has 0 saturated carbocycles. The van der Waals surface area contributed by atoms with E-state index in [1.807, 2.05) is 0 Å². The highest BCUT2D eigenvalue weighted by atomic mass is 32.2. The predicted octanol–water partition coefficient (Wildman–Crippen LogP) is 2.08. The van der Waals surface area contributed by atoms with Crippen molar-refractivity contribution in [2.45, 2.75) is 6.92 Å². The van der Waals surface area contributed by atoms with Crippen LogP contribution in [0.4, 0.5) is 0 Å². The zero-order valence-corrected chi connectivity index (χ0v) is 9.58. The lowest BCUT2D eigenvalue weighted by Gasteiger charge is -1.88. The minimum atomic E-state index is -0.972. The molecule has 78 valence electrons. The normalized spacial score (nSPS) is 9.13. The van der Waals surface area contributed by atoms with Gasteiger partial charge in [-0.1, -0.05) is 23.6 Å². The van der Waals surface area contributed by atoms with Gasteiger partial charge in [0.15, 0.2) is 5.12 Å². The highest BCUT2D eigenvalue weighted by molar-refractivity contribution is 8.13. The van der Waals surface area contributed by atoms with Crippen molar-refractivity contribution in [3.63, 3.8) is 0 Å². The predicted molar refractivity (Wildman–Crippen MR) is 61.3 cm³/mol. The molecule has 0 bridgehead atoms. The monoisotopic (exact) mass is 240 g/mol. The number of carbonyl (C=O) groups is 2. The van der Waals surface area contributed by atoms with Gasteiger partial charge in [0.1, 0.15) is 0 Å². The number of aromatic carboxylic acids is 1. The Hall–Kier alpha value is -1.25. The molecular formula is C10H8O3S2. The van der Waals surface area contributed by atoms with Crippen molar-refractivity contribution in [2.24, 2.45) is 0 Å². The van der Waals surface area contributed by atoms with E-state index in [0.29, 0.717) is 10.6 Å². The molecule has 0 fully saturated rings. The number of carbonyl (C=O) groups excluding carboxylic acids is 1. The summed E-state index contributed by atoms with van der Waals surface area (Å²) in [7, 11) is 0. The summed E-state index contributed by atoms with van der Waals surface area (Å²) in [5, 5.41) is 10.5. The molecule has 0 aliphatic carbocycles. The van der Waals surface area contributed by atoms with Crippen molar-refractivity contribution in [2.75, 3.05) is 5.75 Å². The van der Waals surface area contributed by atoms with E-state index >= 15 is 0 Å². The molecule has 0 aliphatic heterocycles. The fourth-order valence-corrected chi connectivity index (χ4v) is 1.93. The van der Waals surface area contributed by atoms with Crippen LogP contribution in [-0.4, -0.2) is 21.9 Å². The SMILES string of the molecule is CC(=O)SCC#Cc1sccc1C(=O)O. The van der Waals surface area contributed by atoms with Gasteiger partial charge in [0.05, 0.1) is 16.2 Å². The largest absolute Gasteiger partial charge is 0.478 e. The maximum Gasteiger partial charge on any atom is 0.337 e. The summed E-state index contributed by atoms with van der Waals surface area (Å²) in [5.41, 5.74) is 0.223. The Morgan fingerprint density at radius 2 is 2.33 bits per heavy atom. The molecule has 0 spiro atoms. The number of carboxylic acid groups (broad SMARTS) is 1. The average Bonchev–Trinajstić information content (AvgIpc) is 2.60. The molecule has 1 aromatic rings. The van der Waals surface area contributed by atoms with Gasteiger partial charge >= 0.3 is 5.97 Å². The van der Waals surface area contributed by atoms with E-state index in [-0.39, 0.29) is 10.7 Å². The molecule has 5 heteroatoms. The summed E-state index contributed by atoms with van der Waals surface area (Å²) < 4.78 is 0. The molecule has 0 radical (unpaired) electrons. The maximum absolute atomic E-state index is 10.7. The standard InChI is InChI=1S/C10H8O3S2/c1-7(11)14-5-2-3-9-8(10(12)13)4-6-15-9/h4,6H,5H2,1H3,(H,12,13). The van der Waals surface area contributed by atoms with E-state index in [9.17, 15) is 9.59 Å². The molecule has 3 nitrogen and oxygen atoms in total. The van der Waals surface area contributed by atoms with E-state index in [0.717, 1.165) is 11.8 Å². The summed E-state index contributed by atoms with van der Waals surface area (Å²) in [4.78, 5) is 21.8. The number of rotatable bonds is 2. The lowest BCUT2D eigenvalue weighted by atomic mass is 10.2. The Labute approximate surface area is 95.5 Å². The summed E-state index contributed by atoms with van der Waals surface area (Å²) in [6.45, 7) is 1.47. The zero-order valence-electron chi connectivity index (χ0n) is 7.94. The fourth-order valence-electron chi connectivity index (χ4n) is 0.829. The molecule has 15 heavy (non-hydrogen) atoms. The van der Waals surface area contributed by atoms with Crippen LogP contribution in [0, 0.1) is 11.8 Å². The van der Waals surface area contributed by atoms with Crippen LogP contribution in [0.3, 0.4) is 0 Å². The Morgan fingerprint density at radius 1 is 1.60 bits per heavy atom. The molecule has 0 atom stereocenters. The first-order chi connectivity index (χ1) is 7.11. The van der Waals surface area contributed by atoms with Crippen LogP contribution in [0.2, 0.25) is 0 Å². The molecule has 0 saturated heterocycles. The van der Waals surface area contributed by atoms with E-state index in [4.69, 9.17) is 5.11 Å². The lowest BCUT2D eigenvalue weighted by molar-refractivity contribution is -0.109. The Balaban J connectivity index is 2.67. The Kier molecular flexibility index (Phi) is 4.40. The minimum Gasteiger partial charge on any atom is -0.478 e. The van der Waals surface area contributed by atoms with Crippen molar-refractivity contribution < 1.29 is 14.7 Å². The number of hydrogen-bond acceptors (Lipinski definition) is 4. The number of hydrogen-bond donors (Lipinski definition) is 1. The van der Waals surface area contributed by atoms with Crippen molar-refractivity contribution in [1.82, 2.24) is 0 Å². The van der Waals surface area contributed by atoms with E-state index in [2.05, 4.69) is 11.8 Å². The third-order valence-electron chi connectivity index (χ3n) is 1.45. The van der Waals surface area contributed by atoms with Gasteiger partial charge in [0.2, 0.25) is 0 Å². The smallest absolute Gasteiger partial charge is 0.337 e. The van der Waals surface area contributed by atoms with Crippen LogP contribution in [0.15, 0.2) is 11.4 Å². The fraction of sp³-hybridized carbons (Fsp3) is 0.200. The maximum atomic E-state index is 10.7. The number of thiophene rings is 1. The van der Waals surface area contributed by atoms with E-state index in [1.165, 1.54) is 24.3 Å². The van der Waals surface area contributed by atoms with E-state index in [1.54, 1.807) is 5.38 Å². The summed E-state index contributed by atoms with van der Waals surface area (Å²) in [6, 6.07) is 1.52. The van der Waals surface area contributed by atoms with Crippen molar-refractivity contribution >= 4 is 34.2 Å². The summed E-state index contributed by atoms with van der Waals surface area (Å²) in [5.74, 6) is 4.92. The second-order valence-electron chi connectivity index (χ2n) is 2.55. The third-order valence-corrected chi connectivity index (χ3v) is 2.97. The topological polar surface area (TPSA) is 54.4 Å². The molecule has 0 aromatic carbocycles. The second kappa shape index (κ2) is 5.59. The van der Waals surface area contributed by atoms with Gasteiger partial charge in [-0.2, -0.15) is 0 Å². The van der Waals surface area contributed by atoms with Crippen molar-refractivity contribution in [3.05, 3.63) is 21.9 Å². The number of carboxylic acids is 1. The highest BCUT2D eigenvalue weighted by Gasteiger charge is 2.08. The van der Waals surface area contributed by atoms with Gasteiger partial charge in [-0.3, -0.25) is 4.79 Å². The van der Waals surface area contributed by atoms with Gasteiger partial charge in [-0.25, -0.2) is 4.79 Å². The highest BCUT2D eigenvalue weighted by Crippen LogP contribution is 2.15. The number of thioether (sulfide) groups is 1. The van der Waals surface area contributed by atoms with Gasteiger partial charge in [-0.15, -0.1) is 11.3 Å². The first kappa shape index (κ1) is 11.8. The molecule has 1 aromatic heterocycles. The summed E-state index contributed by atoms with van der Waals surface area (Å²) in [6.07, 6.45) is 0. The van der Waals surface area contributed by atoms with Gasteiger partial charge in [0, 0.05) is 6.92 Å². The first-order valence-electron chi connectivity index (χ1n) is 4.04. The van der Waals surface area contributed by atoms with Gasteiger partial charge < -0.3 is 5.11 Å². The van der Waals surface area contributed by atoms with Crippen LogP contribution in [0.1, 0.15) is 22.2 Å². The minimum absolute atomic E-state index is 0.00828. The van der Waals surface area contributed by atoms with Crippen LogP contribution >= 0.6 is 23.1 Å². The molecule has 0 amide bonds. The van der Waals surface area contributed by atoms with Crippen molar-refractivity contribution in [3.8, 4) is 11.8 Å². The molecular weight excluding hydrogens is 232 g/mol. The van der Waals surface area contributed by atoms with Crippen molar-refractivity contribution in [1.29, 1.82) is 0 Å². The lowest BCUT2D eigenvalue weighted by Crippen LogP contribution is -1.95. The summed E-state index contributed by atoms with van der Waals surface area (Å²) >= 11 is 2.40. The van der Waals surface area contributed by atoms with Crippen LogP contribution in [0.25, 0.3) is 0 Å². The quantitative estimate of drug-likeness (QED) is 0.804. The molecule has 0 aliphatic rings. The van der Waals surface area contributed by atoms with Gasteiger partial charge in [0.25, 0.3) is 0 Å². The van der Waals surface area contributed by atoms with Crippen LogP contribution in [0.5, 0.6) is 0 Å². The first-order valence-corrected chi connectivity index (χ1v) is 5.91. The zero-order chi connectivity index (χ0) is 11.3. The second-order valence-corrected chi connectivity index (χ2v) is 4.62. The van der Waals surface area contributed by atoms with Crippen LogP contribution < -0.4 is 0 Å². The average molecular weight is 240 g/mol. The van der Waals surface area contributed by atoms with Crippen LogP contribution in [-0.2, 0) is 4.79 Å². The molecule has 1 rings (SSSR count). The Morgan fingerprint density at radius 3 is 2.93 bits per heavy atom. The molecule has 1 N–H and O–H groups in total. The van der Waals surface area contributed by atoms with E-state index < -0.39 is 5.97 Å². The molecule has 1 heterocycles.